The maximum Gasteiger partial charge on any atom is 0.503 e. The van der Waals surface area contributed by atoms with Gasteiger partial charge < -0.3 is 20.4 Å². The van der Waals surface area contributed by atoms with E-state index in [2.05, 4.69) is 6.92 Å². The molecule has 0 aliphatic heterocycles. The molecule has 0 unspecified atom stereocenters. The van der Waals surface area contributed by atoms with Crippen molar-refractivity contribution in [3.63, 3.8) is 0 Å². The molecule has 0 bridgehead atoms. The predicted octanol–water partition coefficient (Wildman–Crippen LogP) is 0.159. The zero-order valence-electron chi connectivity index (χ0n) is 9.91. The van der Waals surface area contributed by atoms with Gasteiger partial charge in [-0.3, -0.25) is 9.68 Å². The van der Waals surface area contributed by atoms with Gasteiger partial charge in [0, 0.05) is 0 Å². The third-order valence-electron chi connectivity index (χ3n) is 1.35. The molecule has 17 heavy (non-hydrogen) atoms. The summed E-state index contributed by atoms with van der Waals surface area (Å²) in [7, 11) is 0. The van der Waals surface area contributed by atoms with Gasteiger partial charge in [-0.15, -0.1) is 0 Å². The molecule has 0 aromatic rings. The van der Waals surface area contributed by atoms with Crippen LogP contribution in [0.2, 0.25) is 0 Å². The maximum atomic E-state index is 8.56. The van der Waals surface area contributed by atoms with E-state index in [0.29, 0.717) is 6.54 Å². The fourth-order valence-electron chi connectivity index (χ4n) is 0.739. The van der Waals surface area contributed by atoms with Crippen LogP contribution < -0.4 is 0 Å². The van der Waals surface area contributed by atoms with Crippen molar-refractivity contribution >= 4 is 6.16 Å². The number of carboxylic acid groups (broad SMARTS) is 2. The van der Waals surface area contributed by atoms with E-state index in [4.69, 9.17) is 34.9 Å². The van der Waals surface area contributed by atoms with Gasteiger partial charge in [0.25, 0.3) is 0 Å². The number of rotatable bonds is 9. The smallest absolute Gasteiger partial charge is 0.450 e. The topological polar surface area (TPSA) is 120 Å². The van der Waals surface area contributed by atoms with Crippen LogP contribution in [0.15, 0.2) is 0 Å². The summed E-state index contributed by atoms with van der Waals surface area (Å²) in [5, 5.41) is 32.3. The van der Waals surface area contributed by atoms with Crippen molar-refractivity contribution in [3.8, 4) is 0 Å². The van der Waals surface area contributed by atoms with Crippen molar-refractivity contribution in [2.24, 2.45) is 0 Å². The van der Waals surface area contributed by atoms with Gasteiger partial charge in [0.1, 0.15) is 0 Å². The molecule has 0 heterocycles. The van der Waals surface area contributed by atoms with Crippen LogP contribution in [0, 0.1) is 0 Å². The summed E-state index contributed by atoms with van der Waals surface area (Å²) >= 11 is 0. The zero-order valence-corrected chi connectivity index (χ0v) is 9.91. The molecule has 0 aromatic carbocycles. The largest absolute Gasteiger partial charge is 0.503 e. The second-order valence-corrected chi connectivity index (χ2v) is 2.81. The first-order valence-electron chi connectivity index (χ1n) is 5.25. The number of aliphatic hydroxyl groups is 2. The minimum atomic E-state index is -1.83. The van der Waals surface area contributed by atoms with Gasteiger partial charge in [0.05, 0.1) is 33.0 Å². The Hall–Kier alpha value is -0.930. The number of nitrogens with zero attached hydrogens (tertiary/aromatic N) is 1. The van der Waals surface area contributed by atoms with Crippen LogP contribution in [-0.4, -0.2) is 64.8 Å². The Morgan fingerprint density at radius 2 is 1.53 bits per heavy atom. The molecule has 8 heteroatoms. The summed E-state index contributed by atoms with van der Waals surface area (Å²) in [6.07, 6.45) is 0.165. The van der Waals surface area contributed by atoms with E-state index < -0.39 is 6.16 Å². The molecular formula is C9H21NO7. The Morgan fingerprint density at radius 1 is 1.12 bits per heavy atom. The minimum Gasteiger partial charge on any atom is -0.450 e. The van der Waals surface area contributed by atoms with Gasteiger partial charge in [-0.1, -0.05) is 18.6 Å². The normalized spacial score (nSPS) is 9.88. The molecule has 0 atom stereocenters. The monoisotopic (exact) mass is 255 g/mol. The number of hydroxylamine groups is 2. The highest BCUT2D eigenvalue weighted by atomic mass is 16.9. The molecule has 0 amide bonds. The first-order chi connectivity index (χ1) is 8.08. The fraction of sp³-hybridized carbons (Fsp3) is 0.889. The van der Waals surface area contributed by atoms with E-state index in [1.54, 1.807) is 0 Å². The van der Waals surface area contributed by atoms with Gasteiger partial charge in [0.15, 0.2) is 0 Å². The van der Waals surface area contributed by atoms with Crippen molar-refractivity contribution in [1.29, 1.82) is 0 Å². The first-order valence-corrected chi connectivity index (χ1v) is 5.25. The van der Waals surface area contributed by atoms with Crippen LogP contribution in [0.1, 0.15) is 19.8 Å². The van der Waals surface area contributed by atoms with Crippen LogP contribution in [0.3, 0.4) is 0 Å². The fourth-order valence-corrected chi connectivity index (χ4v) is 0.739. The summed E-state index contributed by atoms with van der Waals surface area (Å²) in [5.74, 6) is 0. The number of carbonyl (C=O) groups is 1. The quantitative estimate of drug-likeness (QED) is 0.430. The summed E-state index contributed by atoms with van der Waals surface area (Å²) < 4.78 is 0. The molecule has 104 valence electrons. The lowest BCUT2D eigenvalue weighted by Gasteiger charge is -2.19. The van der Waals surface area contributed by atoms with Crippen LogP contribution in [-0.2, 0) is 9.68 Å². The predicted molar refractivity (Wildman–Crippen MR) is 58.3 cm³/mol. The highest BCUT2D eigenvalue weighted by Crippen LogP contribution is 1.97. The van der Waals surface area contributed by atoms with Crippen LogP contribution in [0.25, 0.3) is 0 Å². The number of unbranched alkanes of at least 4 members (excludes halogenated alkanes) is 1. The Labute approximate surface area is 99.9 Å². The molecule has 4 N–H and O–H groups in total. The van der Waals surface area contributed by atoms with E-state index in [0.717, 1.165) is 12.8 Å². The third-order valence-corrected chi connectivity index (χ3v) is 1.35. The Kier molecular flexibility index (Phi) is 16.3. The van der Waals surface area contributed by atoms with Crippen molar-refractivity contribution < 1.29 is 34.9 Å². The molecule has 0 spiro atoms. The van der Waals surface area contributed by atoms with Crippen LogP contribution in [0.5, 0.6) is 0 Å². The van der Waals surface area contributed by atoms with E-state index in [1.165, 1.54) is 5.23 Å². The van der Waals surface area contributed by atoms with Crippen molar-refractivity contribution in [2.45, 2.75) is 19.8 Å². The van der Waals surface area contributed by atoms with Gasteiger partial charge in [-0.2, -0.15) is 0 Å². The molecule has 0 aromatic heterocycles. The lowest BCUT2D eigenvalue weighted by molar-refractivity contribution is -0.371. The highest BCUT2D eigenvalue weighted by molar-refractivity contribution is 5.53. The molecule has 0 aliphatic carbocycles. The minimum absolute atomic E-state index is 0.0366. The van der Waals surface area contributed by atoms with E-state index in [1.807, 2.05) is 0 Å². The van der Waals surface area contributed by atoms with Gasteiger partial charge >= 0.3 is 6.16 Å². The molecular weight excluding hydrogens is 234 g/mol. The molecule has 8 nitrogen and oxygen atoms in total. The Morgan fingerprint density at radius 3 is 1.82 bits per heavy atom. The van der Waals surface area contributed by atoms with Gasteiger partial charge in [-0.05, 0) is 6.42 Å². The Balaban J connectivity index is 0. The van der Waals surface area contributed by atoms with Crippen molar-refractivity contribution in [2.75, 3.05) is 33.0 Å². The second-order valence-electron chi connectivity index (χ2n) is 2.81. The third kappa shape index (κ3) is 21.0. The number of hydrogen-bond acceptors (Lipinski definition) is 6. The molecule has 0 radical (unpaired) electrons. The van der Waals surface area contributed by atoms with Gasteiger partial charge in [0.2, 0.25) is 0 Å². The van der Waals surface area contributed by atoms with E-state index in [9.17, 15) is 0 Å². The number of aliphatic hydroxyl groups excluding tert-OH is 2. The van der Waals surface area contributed by atoms with Crippen LogP contribution >= 0.6 is 0 Å². The van der Waals surface area contributed by atoms with E-state index in [-0.39, 0.29) is 26.4 Å². The highest BCUT2D eigenvalue weighted by Gasteiger charge is 2.03. The summed E-state index contributed by atoms with van der Waals surface area (Å²) in [6, 6.07) is 0. The Bertz CT molecular complexity index is 144. The zero-order chi connectivity index (χ0) is 13.5. The second kappa shape index (κ2) is 15.1. The average molecular weight is 255 g/mol. The first kappa shape index (κ1) is 18.4. The van der Waals surface area contributed by atoms with E-state index >= 15 is 0 Å². The standard InChI is InChI=1S/C8H19NO4.CH2O3/c1-2-3-4-9(12-7-5-10)13-8-6-11;2-1(3)4/h10-11H,2-8H2,1H3;(H2,2,3,4). The van der Waals surface area contributed by atoms with Crippen LogP contribution in [0.4, 0.5) is 4.79 Å². The SMILES string of the molecule is CCCCN(OCCO)OCCO.O=C(O)O. The molecule has 0 saturated heterocycles. The summed E-state index contributed by atoms with van der Waals surface area (Å²) in [4.78, 5) is 18.6. The maximum absolute atomic E-state index is 8.56. The van der Waals surface area contributed by atoms with Gasteiger partial charge in [-0.25, -0.2) is 4.79 Å². The lowest BCUT2D eigenvalue weighted by atomic mass is 10.3. The molecule has 0 fully saturated rings. The van der Waals surface area contributed by atoms with Crippen molar-refractivity contribution in [3.05, 3.63) is 0 Å². The molecule has 0 rings (SSSR count). The lowest BCUT2D eigenvalue weighted by Crippen LogP contribution is -2.28. The molecule has 0 aliphatic rings. The average Bonchev–Trinajstić information content (AvgIpc) is 2.27. The summed E-state index contributed by atoms with van der Waals surface area (Å²) in [6.45, 7) is 3.08. The van der Waals surface area contributed by atoms with Crippen molar-refractivity contribution in [1.82, 2.24) is 5.23 Å². The number of hydrogen-bond donors (Lipinski definition) is 4. The molecule has 0 saturated carbocycles. The summed E-state index contributed by atoms with van der Waals surface area (Å²) in [5.41, 5.74) is 0.